The van der Waals surface area contributed by atoms with Crippen LogP contribution in [0, 0.1) is 0 Å². The van der Waals surface area contributed by atoms with Gasteiger partial charge in [0.15, 0.2) is 0 Å². The second-order valence-electron chi connectivity index (χ2n) is 8.66. The molecule has 212 valence electrons. The number of likely N-dealkylation sites (tertiary alicyclic amines) is 1. The fraction of sp³-hybridized carbons (Fsp3) is 0.536. The topological polar surface area (TPSA) is 92.8 Å². The van der Waals surface area contributed by atoms with E-state index in [2.05, 4.69) is 34.2 Å². The SMILES string of the molecule is CC.CCC1CCC(CC)N1C=O.COc1ccc(NC(=O)Nc2ccccc2C(C)C)c(OC(F)F)n1. The molecular formula is C28H42F2N4O4. The van der Waals surface area contributed by atoms with E-state index in [9.17, 15) is 18.4 Å². The van der Waals surface area contributed by atoms with Crippen LogP contribution in [0.15, 0.2) is 36.4 Å². The van der Waals surface area contributed by atoms with Crippen LogP contribution in [-0.4, -0.2) is 48.1 Å². The van der Waals surface area contributed by atoms with E-state index in [1.807, 2.05) is 44.7 Å². The van der Waals surface area contributed by atoms with E-state index in [0.29, 0.717) is 17.8 Å². The highest BCUT2D eigenvalue weighted by atomic mass is 19.3. The summed E-state index contributed by atoms with van der Waals surface area (Å²) in [6, 6.07) is 10.6. The van der Waals surface area contributed by atoms with E-state index in [0.717, 1.165) is 24.8 Å². The molecule has 1 aliphatic heterocycles. The molecule has 1 saturated heterocycles. The number of pyridine rings is 1. The van der Waals surface area contributed by atoms with Crippen molar-refractivity contribution in [3.8, 4) is 11.8 Å². The van der Waals surface area contributed by atoms with Gasteiger partial charge < -0.3 is 25.0 Å². The molecule has 1 aromatic heterocycles. The molecule has 2 heterocycles. The number of alkyl halides is 2. The van der Waals surface area contributed by atoms with Crippen LogP contribution in [0.2, 0.25) is 0 Å². The number of carbonyl (C=O) groups excluding carboxylic acids is 2. The Morgan fingerprint density at radius 2 is 1.63 bits per heavy atom. The monoisotopic (exact) mass is 536 g/mol. The van der Waals surface area contributed by atoms with Gasteiger partial charge >= 0.3 is 12.6 Å². The molecule has 2 atom stereocenters. The number of anilines is 2. The van der Waals surface area contributed by atoms with Gasteiger partial charge in [-0.15, -0.1) is 0 Å². The molecule has 2 aromatic rings. The third kappa shape index (κ3) is 9.79. The fourth-order valence-corrected chi connectivity index (χ4v) is 4.18. The van der Waals surface area contributed by atoms with Crippen molar-refractivity contribution in [1.29, 1.82) is 0 Å². The summed E-state index contributed by atoms with van der Waals surface area (Å²) in [5.74, 6) is -0.134. The number of carbonyl (C=O) groups is 2. The summed E-state index contributed by atoms with van der Waals surface area (Å²) < 4.78 is 34.3. The molecule has 2 unspecified atom stereocenters. The van der Waals surface area contributed by atoms with E-state index in [1.54, 1.807) is 12.1 Å². The predicted octanol–water partition coefficient (Wildman–Crippen LogP) is 7.28. The minimum absolute atomic E-state index is 0.000582. The Labute approximate surface area is 225 Å². The van der Waals surface area contributed by atoms with Crippen molar-refractivity contribution in [2.75, 3.05) is 17.7 Å². The van der Waals surface area contributed by atoms with Gasteiger partial charge in [-0.3, -0.25) is 4.79 Å². The van der Waals surface area contributed by atoms with Crippen molar-refractivity contribution < 1.29 is 27.8 Å². The van der Waals surface area contributed by atoms with E-state index in [4.69, 9.17) is 4.74 Å². The molecule has 38 heavy (non-hydrogen) atoms. The summed E-state index contributed by atoms with van der Waals surface area (Å²) in [5.41, 5.74) is 1.59. The first-order chi connectivity index (χ1) is 18.2. The first-order valence-corrected chi connectivity index (χ1v) is 13.1. The zero-order chi connectivity index (χ0) is 28.7. The molecule has 0 bridgehead atoms. The summed E-state index contributed by atoms with van der Waals surface area (Å²) in [4.78, 5) is 28.7. The van der Waals surface area contributed by atoms with E-state index < -0.39 is 18.5 Å². The average Bonchev–Trinajstić information content (AvgIpc) is 3.33. The highest BCUT2D eigenvalue weighted by Crippen LogP contribution is 2.28. The van der Waals surface area contributed by atoms with Crippen molar-refractivity contribution in [2.24, 2.45) is 0 Å². The standard InChI is InChI=1S/C17H19F2N3O3.C9H17NO.C2H6/c1-10(2)11-6-4-5-7-12(11)20-17(23)21-13-8-9-14(24-3)22-15(13)25-16(18)19;1-3-8-5-6-9(4-2)10(8)7-11;1-2/h4-10,16H,1-3H3,(H2,20,21,23);7-9H,3-6H2,1-2H3;1-2H3. The average molecular weight is 537 g/mol. The molecule has 3 amide bonds. The Hall–Kier alpha value is -3.43. The second-order valence-corrected chi connectivity index (χ2v) is 8.66. The number of aromatic nitrogens is 1. The normalized spacial score (nSPS) is 16.1. The van der Waals surface area contributed by atoms with Crippen LogP contribution >= 0.6 is 0 Å². The maximum atomic E-state index is 12.5. The van der Waals surface area contributed by atoms with Crippen molar-refractivity contribution in [3.63, 3.8) is 0 Å². The Morgan fingerprint density at radius 3 is 2.13 bits per heavy atom. The Balaban J connectivity index is 0.000000463. The second kappa shape index (κ2) is 17.1. The van der Waals surface area contributed by atoms with Gasteiger partial charge in [0.05, 0.1) is 7.11 Å². The lowest BCUT2D eigenvalue weighted by atomic mass is 10.0. The lowest BCUT2D eigenvalue weighted by Crippen LogP contribution is -2.33. The van der Waals surface area contributed by atoms with Crippen LogP contribution in [0.25, 0.3) is 0 Å². The van der Waals surface area contributed by atoms with Crippen LogP contribution in [0.3, 0.4) is 0 Å². The van der Waals surface area contributed by atoms with Crippen LogP contribution in [0.1, 0.15) is 78.7 Å². The molecule has 0 spiro atoms. The smallest absolute Gasteiger partial charge is 0.388 e. The minimum Gasteiger partial charge on any atom is -0.481 e. The summed E-state index contributed by atoms with van der Waals surface area (Å²) in [7, 11) is 1.34. The predicted molar refractivity (Wildman–Crippen MR) is 147 cm³/mol. The highest BCUT2D eigenvalue weighted by Gasteiger charge is 2.29. The maximum Gasteiger partial charge on any atom is 0.388 e. The van der Waals surface area contributed by atoms with Crippen LogP contribution in [0.4, 0.5) is 25.0 Å². The van der Waals surface area contributed by atoms with Crippen molar-refractivity contribution in [2.45, 2.75) is 91.8 Å². The molecule has 0 saturated carbocycles. The molecule has 2 N–H and O–H groups in total. The van der Waals surface area contributed by atoms with Crippen molar-refractivity contribution in [1.82, 2.24) is 9.88 Å². The third-order valence-corrected chi connectivity index (χ3v) is 6.06. The quantitative estimate of drug-likeness (QED) is 0.329. The fourth-order valence-electron chi connectivity index (χ4n) is 4.18. The molecule has 10 heteroatoms. The molecule has 0 aliphatic carbocycles. The summed E-state index contributed by atoms with van der Waals surface area (Å²) >= 11 is 0. The number of amides is 3. The van der Waals surface area contributed by atoms with E-state index >= 15 is 0 Å². The number of methoxy groups -OCH3 is 1. The summed E-state index contributed by atoms with van der Waals surface area (Å²) in [6.07, 6.45) is 5.64. The van der Waals surface area contributed by atoms with Gasteiger partial charge in [0.2, 0.25) is 18.2 Å². The van der Waals surface area contributed by atoms with Crippen molar-refractivity contribution in [3.05, 3.63) is 42.0 Å². The van der Waals surface area contributed by atoms with Gasteiger partial charge in [0.25, 0.3) is 0 Å². The molecular weight excluding hydrogens is 494 g/mol. The van der Waals surface area contributed by atoms with Gasteiger partial charge in [-0.05, 0) is 49.3 Å². The molecule has 3 rings (SSSR count). The third-order valence-electron chi connectivity index (χ3n) is 6.06. The van der Waals surface area contributed by atoms with Gasteiger partial charge in [-0.1, -0.05) is 59.7 Å². The molecule has 1 fully saturated rings. The van der Waals surface area contributed by atoms with Crippen LogP contribution in [0.5, 0.6) is 11.8 Å². The summed E-state index contributed by atoms with van der Waals surface area (Å²) in [5, 5.41) is 5.15. The highest BCUT2D eigenvalue weighted by molar-refractivity contribution is 6.01. The number of benzene rings is 1. The van der Waals surface area contributed by atoms with E-state index in [1.165, 1.54) is 32.1 Å². The first-order valence-electron chi connectivity index (χ1n) is 13.1. The Morgan fingerprint density at radius 1 is 1.05 bits per heavy atom. The Bertz CT molecular complexity index is 979. The number of hydrogen-bond acceptors (Lipinski definition) is 5. The number of ether oxygens (including phenoxy) is 2. The number of hydrogen-bond donors (Lipinski definition) is 2. The molecule has 8 nitrogen and oxygen atoms in total. The minimum atomic E-state index is -3.08. The molecule has 1 aliphatic rings. The largest absolute Gasteiger partial charge is 0.481 e. The summed E-state index contributed by atoms with van der Waals surface area (Å²) in [6.45, 7) is 9.23. The molecule has 1 aromatic carbocycles. The van der Waals surface area contributed by atoms with Gasteiger partial charge in [0.1, 0.15) is 5.69 Å². The number of para-hydroxylation sites is 1. The van der Waals surface area contributed by atoms with E-state index in [-0.39, 0.29) is 17.5 Å². The number of urea groups is 1. The van der Waals surface area contributed by atoms with Gasteiger partial charge in [-0.25, -0.2) is 4.79 Å². The zero-order valence-electron chi connectivity index (χ0n) is 23.5. The number of rotatable bonds is 9. The number of halogens is 2. The van der Waals surface area contributed by atoms with Crippen LogP contribution in [-0.2, 0) is 4.79 Å². The molecule has 0 radical (unpaired) electrons. The Kier molecular flexibility index (Phi) is 14.7. The number of nitrogens with zero attached hydrogens (tertiary/aromatic N) is 2. The van der Waals surface area contributed by atoms with Crippen LogP contribution < -0.4 is 20.1 Å². The maximum absolute atomic E-state index is 12.5. The van der Waals surface area contributed by atoms with Gasteiger partial charge in [0, 0.05) is 23.8 Å². The van der Waals surface area contributed by atoms with Crippen molar-refractivity contribution >= 4 is 23.8 Å². The number of nitrogens with one attached hydrogen (secondary N) is 2. The first kappa shape index (κ1) is 32.6. The lowest BCUT2D eigenvalue weighted by Gasteiger charge is -2.24. The van der Waals surface area contributed by atoms with Gasteiger partial charge in [-0.2, -0.15) is 13.8 Å². The lowest BCUT2D eigenvalue weighted by molar-refractivity contribution is -0.120. The zero-order valence-corrected chi connectivity index (χ0v) is 23.5.